The molecule has 8 heteroatoms. The number of carbonyl (C=O) groups is 4. The number of carbonyl (C=O) groups excluding carboxylic acids is 4. The van der Waals surface area contributed by atoms with Crippen LogP contribution in [0, 0.1) is 5.92 Å². The lowest BCUT2D eigenvalue weighted by atomic mass is 10.0. The Balaban J connectivity index is 1.37. The summed E-state index contributed by atoms with van der Waals surface area (Å²) in [6.45, 7) is 0.00409. The zero-order valence-corrected chi connectivity index (χ0v) is 19.5. The summed E-state index contributed by atoms with van der Waals surface area (Å²) in [7, 11) is 0. The summed E-state index contributed by atoms with van der Waals surface area (Å²) in [5.41, 5.74) is 2.73. The minimum Gasteiger partial charge on any atom is -0.306 e. The monoisotopic (exact) mass is 480 g/mol. The number of imide groups is 1. The third kappa shape index (κ3) is 3.48. The molecule has 3 aliphatic rings. The van der Waals surface area contributed by atoms with Crippen LogP contribution in [-0.4, -0.2) is 46.1 Å². The number of benzene rings is 2. The molecule has 8 nitrogen and oxygen atoms in total. The average Bonchev–Trinajstić information content (AvgIpc) is 3.45. The molecule has 0 spiro atoms. The predicted molar refractivity (Wildman–Crippen MR) is 132 cm³/mol. The third-order valence-corrected chi connectivity index (χ3v) is 7.34. The molecule has 0 N–H and O–H groups in total. The van der Waals surface area contributed by atoms with E-state index in [1.54, 1.807) is 9.80 Å². The zero-order chi connectivity index (χ0) is 24.8. The van der Waals surface area contributed by atoms with Crippen molar-refractivity contribution in [1.82, 2.24) is 9.88 Å². The molecule has 1 fully saturated rings. The highest BCUT2D eigenvalue weighted by atomic mass is 16.2. The largest absolute Gasteiger partial charge is 0.306 e. The molecule has 1 aliphatic carbocycles. The highest BCUT2D eigenvalue weighted by molar-refractivity contribution is 6.23. The molecule has 36 heavy (non-hydrogen) atoms. The number of para-hydroxylation sites is 2. The number of nitrogens with zero attached hydrogens (tertiary/aromatic N) is 4. The first-order valence-electron chi connectivity index (χ1n) is 12.1. The molecule has 0 radical (unpaired) electrons. The van der Waals surface area contributed by atoms with Gasteiger partial charge in [0.2, 0.25) is 11.8 Å². The van der Waals surface area contributed by atoms with E-state index in [-0.39, 0.29) is 34.9 Å². The van der Waals surface area contributed by atoms with Crippen molar-refractivity contribution >= 4 is 35.0 Å². The lowest BCUT2D eigenvalue weighted by molar-refractivity contribution is -0.123. The highest BCUT2D eigenvalue weighted by Gasteiger charge is 2.47. The summed E-state index contributed by atoms with van der Waals surface area (Å²) >= 11 is 0. The lowest BCUT2D eigenvalue weighted by Crippen LogP contribution is -2.49. The van der Waals surface area contributed by atoms with E-state index in [2.05, 4.69) is 4.98 Å². The Morgan fingerprint density at radius 3 is 2.33 bits per heavy atom. The summed E-state index contributed by atoms with van der Waals surface area (Å²) in [6, 6.07) is 18.3. The molecule has 3 aromatic rings. The predicted octanol–water partition coefficient (Wildman–Crippen LogP) is 3.43. The van der Waals surface area contributed by atoms with Gasteiger partial charge in [-0.2, -0.15) is 0 Å². The molecule has 4 amide bonds. The van der Waals surface area contributed by atoms with Crippen molar-refractivity contribution in [3.63, 3.8) is 0 Å². The molecule has 3 heterocycles. The van der Waals surface area contributed by atoms with E-state index in [4.69, 9.17) is 0 Å². The van der Waals surface area contributed by atoms with Crippen LogP contribution in [-0.2, 0) is 16.1 Å². The van der Waals surface area contributed by atoms with E-state index in [1.807, 2.05) is 54.6 Å². The minimum absolute atomic E-state index is 0.00379. The maximum Gasteiger partial charge on any atom is 0.263 e. The topological polar surface area (TPSA) is 90.9 Å². The molecule has 2 aromatic carbocycles. The lowest BCUT2D eigenvalue weighted by Gasteiger charge is -2.31. The van der Waals surface area contributed by atoms with Gasteiger partial charge in [0.25, 0.3) is 11.8 Å². The Kier molecular flexibility index (Phi) is 5.36. The maximum atomic E-state index is 13.9. The van der Waals surface area contributed by atoms with Gasteiger partial charge < -0.3 is 9.80 Å². The third-order valence-electron chi connectivity index (χ3n) is 7.34. The van der Waals surface area contributed by atoms with E-state index < -0.39 is 18.4 Å². The fourth-order valence-electron chi connectivity index (χ4n) is 5.67. The number of pyridine rings is 1. The quantitative estimate of drug-likeness (QED) is 0.534. The van der Waals surface area contributed by atoms with E-state index in [9.17, 15) is 19.2 Å². The van der Waals surface area contributed by atoms with Gasteiger partial charge in [-0.1, -0.05) is 48.9 Å². The van der Waals surface area contributed by atoms with Gasteiger partial charge in [0.05, 0.1) is 35.0 Å². The second kappa shape index (κ2) is 8.71. The zero-order valence-electron chi connectivity index (χ0n) is 19.5. The molecule has 2 aliphatic heterocycles. The fourth-order valence-corrected chi connectivity index (χ4v) is 5.67. The van der Waals surface area contributed by atoms with Crippen LogP contribution < -0.4 is 9.80 Å². The van der Waals surface area contributed by atoms with Gasteiger partial charge >= 0.3 is 0 Å². The van der Waals surface area contributed by atoms with Crippen molar-refractivity contribution < 1.29 is 19.2 Å². The van der Waals surface area contributed by atoms with Crippen LogP contribution in [0.15, 0.2) is 73.1 Å². The van der Waals surface area contributed by atoms with Crippen molar-refractivity contribution in [3.05, 3.63) is 89.7 Å². The van der Waals surface area contributed by atoms with Crippen molar-refractivity contribution in [2.24, 2.45) is 5.92 Å². The van der Waals surface area contributed by atoms with E-state index in [0.717, 1.165) is 16.9 Å². The van der Waals surface area contributed by atoms with Gasteiger partial charge in [-0.05, 0) is 36.6 Å². The van der Waals surface area contributed by atoms with E-state index in [0.29, 0.717) is 30.8 Å². The molecule has 180 valence electrons. The molecular formula is C28H24N4O4. The van der Waals surface area contributed by atoms with Gasteiger partial charge in [-0.15, -0.1) is 0 Å². The second-order valence-corrected chi connectivity index (χ2v) is 9.38. The van der Waals surface area contributed by atoms with Gasteiger partial charge in [-0.3, -0.25) is 29.1 Å². The first kappa shape index (κ1) is 22.2. The molecule has 1 saturated carbocycles. The molecule has 0 saturated heterocycles. The summed E-state index contributed by atoms with van der Waals surface area (Å²) in [5, 5.41) is 0. The summed E-state index contributed by atoms with van der Waals surface area (Å²) in [4.78, 5) is 61.9. The minimum atomic E-state index is -0.524. The van der Waals surface area contributed by atoms with Gasteiger partial charge in [0.15, 0.2) is 0 Å². The SMILES string of the molecule is O=C1c2ccncc2C(=O)N1CC(=O)N1c2ccccc2N(Cc2ccccc2)C(=O)[C@H]2CCC[C@H]21. The molecular weight excluding hydrogens is 456 g/mol. The van der Waals surface area contributed by atoms with Crippen molar-refractivity contribution in [2.75, 3.05) is 16.3 Å². The Morgan fingerprint density at radius 2 is 1.56 bits per heavy atom. The Hall–Kier alpha value is -4.33. The van der Waals surface area contributed by atoms with Crippen LogP contribution >= 0.6 is 0 Å². The Bertz CT molecular complexity index is 1350. The van der Waals surface area contributed by atoms with Gasteiger partial charge in [0.1, 0.15) is 6.54 Å². The first-order valence-corrected chi connectivity index (χ1v) is 12.1. The number of hydrogen-bond acceptors (Lipinski definition) is 5. The number of amides is 4. The smallest absolute Gasteiger partial charge is 0.263 e. The van der Waals surface area contributed by atoms with Crippen molar-refractivity contribution in [1.29, 1.82) is 0 Å². The van der Waals surface area contributed by atoms with Crippen LogP contribution in [0.2, 0.25) is 0 Å². The van der Waals surface area contributed by atoms with E-state index >= 15 is 0 Å². The second-order valence-electron chi connectivity index (χ2n) is 9.38. The van der Waals surface area contributed by atoms with Crippen LogP contribution in [0.1, 0.15) is 45.5 Å². The molecule has 0 unspecified atom stereocenters. The summed E-state index contributed by atoms with van der Waals surface area (Å²) in [6.07, 6.45) is 5.00. The van der Waals surface area contributed by atoms with Crippen LogP contribution in [0.4, 0.5) is 11.4 Å². The van der Waals surface area contributed by atoms with Crippen LogP contribution in [0.3, 0.4) is 0 Å². The van der Waals surface area contributed by atoms with Gasteiger partial charge in [0, 0.05) is 18.4 Å². The highest BCUT2D eigenvalue weighted by Crippen LogP contribution is 2.43. The Morgan fingerprint density at radius 1 is 0.833 bits per heavy atom. The fraction of sp³-hybridized carbons (Fsp3) is 0.250. The average molecular weight is 481 g/mol. The van der Waals surface area contributed by atoms with Crippen LogP contribution in [0.25, 0.3) is 0 Å². The summed E-state index contributed by atoms with van der Waals surface area (Å²) in [5.74, 6) is -1.76. The van der Waals surface area contributed by atoms with Crippen molar-refractivity contribution in [2.45, 2.75) is 31.8 Å². The van der Waals surface area contributed by atoms with E-state index in [1.165, 1.54) is 18.5 Å². The number of rotatable bonds is 4. The molecule has 6 rings (SSSR count). The molecule has 1 aromatic heterocycles. The van der Waals surface area contributed by atoms with Gasteiger partial charge in [-0.25, -0.2) is 0 Å². The Labute approximate surface area is 208 Å². The summed E-state index contributed by atoms with van der Waals surface area (Å²) < 4.78 is 0. The standard InChI is InChI=1S/C28H24N4O4/c33-25(17-31-26(34)19-13-14-29-15-21(19)28(31)36)32-22-12-6-9-20(22)27(35)30(16-18-7-2-1-3-8-18)23-10-4-5-11-24(23)32/h1-5,7-8,10-11,13-15,20,22H,6,9,12,16-17H2/t20-,22+/m0/s1. The van der Waals surface area contributed by atoms with Crippen LogP contribution in [0.5, 0.6) is 0 Å². The normalized spacial score (nSPS) is 20.8. The van der Waals surface area contributed by atoms with Crippen molar-refractivity contribution in [3.8, 4) is 0 Å². The maximum absolute atomic E-state index is 13.9. The molecule has 2 atom stereocenters. The number of hydrogen-bond donors (Lipinski definition) is 0. The number of anilines is 2. The number of fused-ring (bicyclic) bond motifs is 3. The first-order chi connectivity index (χ1) is 17.5. The molecule has 0 bridgehead atoms. The number of aromatic nitrogens is 1.